The lowest BCUT2D eigenvalue weighted by Crippen LogP contribution is -2.35. The zero-order valence-electron chi connectivity index (χ0n) is 22.4. The van der Waals surface area contributed by atoms with Crippen LogP contribution in [-0.4, -0.2) is 54.1 Å². The molecule has 1 fully saturated rings. The second-order valence-corrected chi connectivity index (χ2v) is 10.4. The second-order valence-electron chi connectivity index (χ2n) is 10.4. The maximum absolute atomic E-state index is 10.2. The lowest BCUT2D eigenvalue weighted by atomic mass is 9.86. The molecular weight excluding hydrogens is 478 g/mol. The van der Waals surface area contributed by atoms with Crippen LogP contribution in [0.1, 0.15) is 50.0 Å². The number of fused-ring (bicyclic) bond motifs is 1. The molecule has 3 atom stereocenters. The molecule has 6 heteroatoms. The van der Waals surface area contributed by atoms with Crippen molar-refractivity contribution in [3.05, 3.63) is 83.4 Å². The first-order chi connectivity index (χ1) is 18.4. The van der Waals surface area contributed by atoms with Crippen molar-refractivity contribution in [3.8, 4) is 23.0 Å². The summed E-state index contributed by atoms with van der Waals surface area (Å²) in [4.78, 5) is 2.50. The van der Waals surface area contributed by atoms with Crippen molar-refractivity contribution in [1.29, 1.82) is 0 Å². The number of aromatic hydroxyl groups is 1. The SMILES string of the molecule is CC1=C(c2cccc(OCCO)c2)C(c2ccc(OCC(C)N3CCC(C)C3)cc2)Oc2ccc(O)cc21. The standard InChI is InChI=1S/C32H37NO5/c1-21-13-14-33(19-21)22(2)20-37-27-10-7-24(8-11-27)32-31(25-5-4-6-28(17-25)36-16-15-34)23(3)29-18-26(35)9-12-30(29)38-32/h4-12,17-18,21-22,32,34-35H,13-16,19-20H2,1-3H3. The number of ether oxygens (including phenoxy) is 3. The van der Waals surface area contributed by atoms with Crippen LogP contribution in [0.4, 0.5) is 0 Å². The van der Waals surface area contributed by atoms with Crippen molar-refractivity contribution in [2.24, 2.45) is 5.92 Å². The molecule has 0 saturated carbocycles. The minimum atomic E-state index is -0.348. The highest BCUT2D eigenvalue weighted by atomic mass is 16.5. The molecule has 5 rings (SSSR count). The van der Waals surface area contributed by atoms with E-state index in [9.17, 15) is 10.2 Å². The number of aliphatic hydroxyl groups is 1. The topological polar surface area (TPSA) is 71.4 Å². The third-order valence-corrected chi connectivity index (χ3v) is 7.54. The first-order valence-electron chi connectivity index (χ1n) is 13.4. The molecule has 2 heterocycles. The monoisotopic (exact) mass is 515 g/mol. The van der Waals surface area contributed by atoms with Gasteiger partial charge in [-0.25, -0.2) is 0 Å². The van der Waals surface area contributed by atoms with Crippen molar-refractivity contribution < 1.29 is 24.4 Å². The number of phenols is 1. The van der Waals surface area contributed by atoms with Gasteiger partial charge in [-0.2, -0.15) is 0 Å². The van der Waals surface area contributed by atoms with Gasteiger partial charge in [0.05, 0.1) is 6.61 Å². The molecule has 0 radical (unpaired) electrons. The summed E-state index contributed by atoms with van der Waals surface area (Å²) >= 11 is 0. The number of allylic oxidation sites excluding steroid dienone is 1. The summed E-state index contributed by atoms with van der Waals surface area (Å²) in [6.07, 6.45) is 0.911. The molecule has 1 saturated heterocycles. The number of phenolic OH excluding ortho intramolecular Hbond substituents is 1. The quantitative estimate of drug-likeness (QED) is 0.368. The molecule has 3 aromatic carbocycles. The highest BCUT2D eigenvalue weighted by Crippen LogP contribution is 2.47. The molecular formula is C32H37NO5. The van der Waals surface area contributed by atoms with Gasteiger partial charge in [-0.05, 0) is 91.9 Å². The van der Waals surface area contributed by atoms with E-state index >= 15 is 0 Å². The molecule has 200 valence electrons. The third kappa shape index (κ3) is 5.66. The summed E-state index contributed by atoms with van der Waals surface area (Å²) in [5, 5.41) is 19.3. The molecule has 0 spiro atoms. The molecule has 38 heavy (non-hydrogen) atoms. The van der Waals surface area contributed by atoms with E-state index in [2.05, 4.69) is 37.8 Å². The van der Waals surface area contributed by atoms with Crippen molar-refractivity contribution in [1.82, 2.24) is 4.90 Å². The van der Waals surface area contributed by atoms with Gasteiger partial charge in [0.25, 0.3) is 0 Å². The fraction of sp³-hybridized carbons (Fsp3) is 0.375. The highest BCUT2D eigenvalue weighted by molar-refractivity contribution is 5.95. The van der Waals surface area contributed by atoms with E-state index in [1.807, 2.05) is 42.5 Å². The van der Waals surface area contributed by atoms with E-state index in [1.165, 1.54) is 6.42 Å². The maximum atomic E-state index is 10.2. The third-order valence-electron chi connectivity index (χ3n) is 7.54. The molecule has 0 aromatic heterocycles. The number of nitrogens with zero attached hydrogens (tertiary/aromatic N) is 1. The molecule has 3 aromatic rings. The molecule has 0 bridgehead atoms. The average molecular weight is 516 g/mol. The van der Waals surface area contributed by atoms with Gasteiger partial charge >= 0.3 is 0 Å². The first kappa shape index (κ1) is 26.1. The van der Waals surface area contributed by atoms with Crippen LogP contribution in [-0.2, 0) is 0 Å². The lowest BCUT2D eigenvalue weighted by molar-refractivity contribution is 0.169. The van der Waals surface area contributed by atoms with Gasteiger partial charge in [0.1, 0.15) is 42.3 Å². The van der Waals surface area contributed by atoms with Gasteiger partial charge in [-0.15, -0.1) is 0 Å². The summed E-state index contributed by atoms with van der Waals surface area (Å²) < 4.78 is 18.4. The Morgan fingerprint density at radius 3 is 2.58 bits per heavy atom. The Hall–Kier alpha value is -3.48. The molecule has 2 aliphatic rings. The predicted molar refractivity (Wildman–Crippen MR) is 150 cm³/mol. The Bertz CT molecular complexity index is 1290. The Kier molecular flexibility index (Phi) is 7.91. The van der Waals surface area contributed by atoms with Crippen LogP contribution in [0.5, 0.6) is 23.0 Å². The Morgan fingerprint density at radius 2 is 1.84 bits per heavy atom. The molecule has 2 N–H and O–H groups in total. The van der Waals surface area contributed by atoms with Crippen molar-refractivity contribution >= 4 is 11.1 Å². The number of aliphatic hydroxyl groups excluding tert-OH is 1. The maximum Gasteiger partial charge on any atom is 0.150 e. The second kappa shape index (κ2) is 11.5. The summed E-state index contributed by atoms with van der Waals surface area (Å²) in [6, 6.07) is 21.6. The van der Waals surface area contributed by atoms with Crippen LogP contribution in [0.25, 0.3) is 11.1 Å². The van der Waals surface area contributed by atoms with Crippen molar-refractivity contribution in [3.63, 3.8) is 0 Å². The number of likely N-dealkylation sites (tertiary alicyclic amines) is 1. The fourth-order valence-electron chi connectivity index (χ4n) is 5.39. The van der Waals surface area contributed by atoms with Gasteiger partial charge < -0.3 is 24.4 Å². The molecule has 3 unspecified atom stereocenters. The van der Waals surface area contributed by atoms with E-state index in [0.29, 0.717) is 18.4 Å². The van der Waals surface area contributed by atoms with Crippen LogP contribution in [0.15, 0.2) is 66.7 Å². The van der Waals surface area contributed by atoms with Gasteiger partial charge in [-0.1, -0.05) is 31.2 Å². The smallest absolute Gasteiger partial charge is 0.150 e. The number of benzene rings is 3. The molecule has 0 aliphatic carbocycles. The normalized spacial score (nSPS) is 20.1. The minimum absolute atomic E-state index is 0.0469. The summed E-state index contributed by atoms with van der Waals surface area (Å²) in [6.45, 7) is 9.73. The fourth-order valence-corrected chi connectivity index (χ4v) is 5.39. The Labute approximate surface area is 225 Å². The van der Waals surface area contributed by atoms with E-state index in [-0.39, 0.29) is 25.1 Å². The van der Waals surface area contributed by atoms with Gasteiger partial charge in [-0.3, -0.25) is 4.90 Å². The van der Waals surface area contributed by atoms with Crippen LogP contribution < -0.4 is 14.2 Å². The van der Waals surface area contributed by atoms with E-state index < -0.39 is 0 Å². The Morgan fingerprint density at radius 1 is 1.03 bits per heavy atom. The van der Waals surface area contributed by atoms with Crippen LogP contribution in [0, 0.1) is 5.92 Å². The van der Waals surface area contributed by atoms with Crippen molar-refractivity contribution in [2.75, 3.05) is 32.9 Å². The largest absolute Gasteiger partial charge is 0.508 e. The molecule has 2 aliphatic heterocycles. The zero-order valence-corrected chi connectivity index (χ0v) is 22.4. The summed E-state index contributed by atoms with van der Waals surface area (Å²) in [5.41, 5.74) is 4.87. The zero-order chi connectivity index (χ0) is 26.6. The minimum Gasteiger partial charge on any atom is -0.508 e. The van der Waals surface area contributed by atoms with Gasteiger partial charge in [0.15, 0.2) is 0 Å². The van der Waals surface area contributed by atoms with Gasteiger partial charge in [0, 0.05) is 23.7 Å². The van der Waals surface area contributed by atoms with E-state index in [1.54, 1.807) is 12.1 Å². The average Bonchev–Trinajstić information content (AvgIpc) is 3.37. The van der Waals surface area contributed by atoms with Gasteiger partial charge in [0.2, 0.25) is 0 Å². The molecule has 6 nitrogen and oxygen atoms in total. The lowest BCUT2D eigenvalue weighted by Gasteiger charge is -2.31. The van der Waals surface area contributed by atoms with Crippen LogP contribution >= 0.6 is 0 Å². The van der Waals surface area contributed by atoms with Crippen LogP contribution in [0.2, 0.25) is 0 Å². The highest BCUT2D eigenvalue weighted by Gasteiger charge is 2.30. The molecule has 0 amide bonds. The van der Waals surface area contributed by atoms with E-state index in [0.717, 1.165) is 58.3 Å². The first-order valence-corrected chi connectivity index (χ1v) is 13.4. The Balaban J connectivity index is 1.41. The van der Waals surface area contributed by atoms with E-state index in [4.69, 9.17) is 14.2 Å². The number of rotatable bonds is 9. The predicted octanol–water partition coefficient (Wildman–Crippen LogP) is 5.94. The number of hydrogen-bond acceptors (Lipinski definition) is 6. The summed E-state index contributed by atoms with van der Waals surface area (Å²) in [7, 11) is 0. The number of hydrogen-bond donors (Lipinski definition) is 2. The van der Waals surface area contributed by atoms with Crippen LogP contribution in [0.3, 0.4) is 0 Å². The summed E-state index contributed by atoms with van der Waals surface area (Å²) in [5.74, 6) is 3.21. The van der Waals surface area contributed by atoms with Crippen molar-refractivity contribution in [2.45, 2.75) is 39.3 Å².